The first-order chi connectivity index (χ1) is 15.3. The van der Waals surface area contributed by atoms with Crippen molar-refractivity contribution in [1.82, 2.24) is 4.90 Å². The van der Waals surface area contributed by atoms with Crippen LogP contribution in [-0.2, 0) is 19.5 Å². The minimum atomic E-state index is -4.01. The number of nitrogens with one attached hydrogen (secondary N) is 1. The van der Waals surface area contributed by atoms with Gasteiger partial charge in [-0.2, -0.15) is 0 Å². The van der Waals surface area contributed by atoms with E-state index in [1.807, 2.05) is 0 Å². The monoisotopic (exact) mass is 462 g/mol. The lowest BCUT2D eigenvalue weighted by Gasteiger charge is -2.27. The number of ether oxygens (including phenoxy) is 3. The lowest BCUT2D eigenvalue weighted by atomic mass is 10.1. The van der Waals surface area contributed by atoms with Crippen molar-refractivity contribution in [2.75, 3.05) is 44.7 Å². The molecule has 1 saturated heterocycles. The van der Waals surface area contributed by atoms with Crippen LogP contribution < -0.4 is 9.46 Å². The number of carbonyl (C=O) groups excluding carboxylic acids is 2. The molecule has 2 aromatic carbocycles. The van der Waals surface area contributed by atoms with E-state index in [2.05, 4.69) is 4.72 Å². The number of carbonyl (C=O) groups is 2. The number of amides is 1. The number of hydrogen-bond acceptors (Lipinski definition) is 7. The summed E-state index contributed by atoms with van der Waals surface area (Å²) in [5.41, 5.74) is 1.36. The van der Waals surface area contributed by atoms with Crippen molar-refractivity contribution in [1.29, 1.82) is 0 Å². The molecule has 1 amide bonds. The molecular weight excluding hydrogens is 436 g/mol. The van der Waals surface area contributed by atoms with Gasteiger partial charge in [0.25, 0.3) is 15.9 Å². The number of morpholine rings is 1. The fraction of sp³-hybridized carbons (Fsp3) is 0.364. The molecule has 0 spiro atoms. The van der Waals surface area contributed by atoms with Gasteiger partial charge in [-0.3, -0.25) is 9.52 Å². The van der Waals surface area contributed by atoms with Crippen LogP contribution >= 0.6 is 0 Å². The van der Waals surface area contributed by atoms with Gasteiger partial charge >= 0.3 is 5.97 Å². The normalized spacial score (nSPS) is 14.0. The van der Waals surface area contributed by atoms with Gasteiger partial charge < -0.3 is 19.1 Å². The number of nitrogens with zero attached hydrogens (tertiary/aromatic N) is 1. The molecule has 2 aromatic rings. The van der Waals surface area contributed by atoms with Crippen molar-refractivity contribution in [3.8, 4) is 5.75 Å². The summed E-state index contributed by atoms with van der Waals surface area (Å²) >= 11 is 0. The molecule has 1 aliphatic rings. The first kappa shape index (κ1) is 23.6. The van der Waals surface area contributed by atoms with Crippen LogP contribution in [0.25, 0.3) is 0 Å². The van der Waals surface area contributed by atoms with Crippen LogP contribution in [0.15, 0.2) is 41.3 Å². The summed E-state index contributed by atoms with van der Waals surface area (Å²) in [4.78, 5) is 26.4. The zero-order valence-electron chi connectivity index (χ0n) is 18.2. The maximum absolute atomic E-state index is 13.0. The topological polar surface area (TPSA) is 111 Å². The Morgan fingerprint density at radius 1 is 1.12 bits per heavy atom. The molecular formula is C22H26N2O7S. The molecule has 0 aromatic heterocycles. The van der Waals surface area contributed by atoms with Crippen LogP contribution in [0.3, 0.4) is 0 Å². The van der Waals surface area contributed by atoms with E-state index in [4.69, 9.17) is 14.2 Å². The van der Waals surface area contributed by atoms with Gasteiger partial charge in [0.1, 0.15) is 5.75 Å². The molecule has 10 heteroatoms. The van der Waals surface area contributed by atoms with Crippen LogP contribution in [-0.4, -0.2) is 65.2 Å². The van der Waals surface area contributed by atoms with Crippen molar-refractivity contribution in [3.05, 3.63) is 53.1 Å². The van der Waals surface area contributed by atoms with Gasteiger partial charge in [0.05, 0.1) is 48.6 Å². The van der Waals surface area contributed by atoms with Gasteiger partial charge in [-0.25, -0.2) is 13.2 Å². The average molecular weight is 463 g/mol. The fourth-order valence-electron chi connectivity index (χ4n) is 3.28. The molecule has 9 nitrogen and oxygen atoms in total. The molecule has 0 radical (unpaired) electrons. The number of esters is 1. The van der Waals surface area contributed by atoms with E-state index in [9.17, 15) is 18.0 Å². The summed E-state index contributed by atoms with van der Waals surface area (Å²) in [5.74, 6) is -0.515. The number of anilines is 1. The fourth-order valence-corrected chi connectivity index (χ4v) is 4.44. The largest absolute Gasteiger partial charge is 0.496 e. The van der Waals surface area contributed by atoms with Gasteiger partial charge in [0, 0.05) is 13.1 Å². The predicted molar refractivity (Wildman–Crippen MR) is 118 cm³/mol. The lowest BCUT2D eigenvalue weighted by molar-refractivity contribution is 0.0300. The van der Waals surface area contributed by atoms with Gasteiger partial charge in [0.2, 0.25) is 0 Å². The Bertz CT molecular complexity index is 1110. The minimum absolute atomic E-state index is 0.0798. The molecule has 0 saturated carbocycles. The van der Waals surface area contributed by atoms with Crippen molar-refractivity contribution >= 4 is 27.6 Å². The van der Waals surface area contributed by atoms with Crippen LogP contribution in [0.1, 0.15) is 33.2 Å². The number of rotatable bonds is 7. The van der Waals surface area contributed by atoms with Crippen LogP contribution in [0, 0.1) is 6.92 Å². The number of sulfonamides is 1. The minimum Gasteiger partial charge on any atom is -0.496 e. The van der Waals surface area contributed by atoms with E-state index in [0.29, 0.717) is 43.1 Å². The predicted octanol–water partition coefficient (Wildman–Crippen LogP) is 2.45. The standard InChI is InChI=1S/C22H26N2O7S/c1-4-31-22(26)16-5-7-19(15(2)13-16)23-32(27,28)17-6-8-20(29-3)18(14-17)21(25)24-9-11-30-12-10-24/h5-8,13-14,23H,4,9-12H2,1-3H3. The summed E-state index contributed by atoms with van der Waals surface area (Å²) in [7, 11) is -2.59. The van der Waals surface area contributed by atoms with Crippen LogP contribution in [0.5, 0.6) is 5.75 Å². The molecule has 0 aliphatic carbocycles. The van der Waals surface area contributed by atoms with Crippen LogP contribution in [0.2, 0.25) is 0 Å². The molecule has 0 bridgehead atoms. The third-order valence-electron chi connectivity index (χ3n) is 4.99. The highest BCUT2D eigenvalue weighted by atomic mass is 32.2. The highest BCUT2D eigenvalue weighted by Crippen LogP contribution is 2.27. The highest BCUT2D eigenvalue weighted by Gasteiger charge is 2.25. The molecule has 172 valence electrons. The molecule has 1 N–H and O–H groups in total. The van der Waals surface area contributed by atoms with E-state index in [1.165, 1.54) is 37.4 Å². The first-order valence-corrected chi connectivity index (χ1v) is 11.6. The summed E-state index contributed by atoms with van der Waals surface area (Å²) < 4.78 is 44.1. The Morgan fingerprint density at radius 3 is 2.47 bits per heavy atom. The summed E-state index contributed by atoms with van der Waals surface area (Å²) in [6, 6.07) is 8.68. The van der Waals surface area contributed by atoms with E-state index in [-0.39, 0.29) is 28.7 Å². The molecule has 3 rings (SSSR count). The summed E-state index contributed by atoms with van der Waals surface area (Å²) in [5, 5.41) is 0. The molecule has 1 fully saturated rings. The SMILES string of the molecule is CCOC(=O)c1ccc(NS(=O)(=O)c2ccc(OC)c(C(=O)N3CCOCC3)c2)c(C)c1. The van der Waals surface area contributed by atoms with Crippen molar-refractivity contribution in [2.24, 2.45) is 0 Å². The van der Waals surface area contributed by atoms with Crippen molar-refractivity contribution in [3.63, 3.8) is 0 Å². The van der Waals surface area contributed by atoms with E-state index in [0.717, 1.165) is 0 Å². The quantitative estimate of drug-likeness (QED) is 0.629. The zero-order chi connectivity index (χ0) is 23.3. The van der Waals surface area contributed by atoms with E-state index < -0.39 is 16.0 Å². The number of hydrogen-bond donors (Lipinski definition) is 1. The maximum Gasteiger partial charge on any atom is 0.338 e. The number of aryl methyl sites for hydroxylation is 1. The molecule has 1 aliphatic heterocycles. The second kappa shape index (κ2) is 10.0. The Balaban J connectivity index is 1.88. The third kappa shape index (κ3) is 5.20. The van der Waals surface area contributed by atoms with Gasteiger partial charge in [0.15, 0.2) is 0 Å². The van der Waals surface area contributed by atoms with E-state index >= 15 is 0 Å². The summed E-state index contributed by atoms with van der Waals surface area (Å²) in [6.45, 7) is 5.33. The third-order valence-corrected chi connectivity index (χ3v) is 6.35. The lowest BCUT2D eigenvalue weighted by Crippen LogP contribution is -2.40. The first-order valence-electron chi connectivity index (χ1n) is 10.1. The maximum atomic E-state index is 13.0. The zero-order valence-corrected chi connectivity index (χ0v) is 19.0. The van der Waals surface area contributed by atoms with Gasteiger partial charge in [-0.15, -0.1) is 0 Å². The smallest absolute Gasteiger partial charge is 0.338 e. The summed E-state index contributed by atoms with van der Waals surface area (Å²) in [6.07, 6.45) is 0. The van der Waals surface area contributed by atoms with Crippen molar-refractivity contribution in [2.45, 2.75) is 18.7 Å². The number of methoxy groups -OCH3 is 1. The van der Waals surface area contributed by atoms with Gasteiger partial charge in [-0.05, 0) is 55.8 Å². The Labute approximate surface area is 187 Å². The average Bonchev–Trinajstić information content (AvgIpc) is 2.80. The van der Waals surface area contributed by atoms with Crippen LogP contribution in [0.4, 0.5) is 5.69 Å². The molecule has 0 unspecified atom stereocenters. The molecule has 32 heavy (non-hydrogen) atoms. The second-order valence-corrected chi connectivity index (χ2v) is 8.80. The second-order valence-electron chi connectivity index (χ2n) is 7.12. The Hall–Kier alpha value is -3.11. The van der Waals surface area contributed by atoms with Crippen molar-refractivity contribution < 1.29 is 32.2 Å². The Kier molecular flexibility index (Phi) is 7.37. The highest BCUT2D eigenvalue weighted by molar-refractivity contribution is 7.92. The number of benzene rings is 2. The molecule has 1 heterocycles. The van der Waals surface area contributed by atoms with E-state index in [1.54, 1.807) is 24.8 Å². The van der Waals surface area contributed by atoms with Gasteiger partial charge in [-0.1, -0.05) is 0 Å². The molecule has 0 atom stereocenters. The Morgan fingerprint density at radius 2 is 1.84 bits per heavy atom.